The second kappa shape index (κ2) is 8.91. The number of hydrogen-bond acceptors (Lipinski definition) is 4. The van der Waals surface area contributed by atoms with E-state index in [-0.39, 0.29) is 18.2 Å². The molecule has 0 radical (unpaired) electrons. The quantitative estimate of drug-likeness (QED) is 0.312. The monoisotopic (exact) mass is 483 g/mol. The molecular weight excluding hydrogens is 461 g/mol. The van der Waals surface area contributed by atoms with Gasteiger partial charge in [-0.15, -0.1) is 0 Å². The van der Waals surface area contributed by atoms with Crippen LogP contribution >= 0.6 is 11.6 Å². The Hall–Kier alpha value is -3.71. The predicted octanol–water partition coefficient (Wildman–Crippen LogP) is 6.53. The lowest BCUT2D eigenvalue weighted by Crippen LogP contribution is -2.38. The van der Waals surface area contributed by atoms with Crippen molar-refractivity contribution in [1.29, 1.82) is 0 Å². The zero-order valence-electron chi connectivity index (χ0n) is 18.8. The molecular formula is C26H23ClFNO5. The van der Waals surface area contributed by atoms with Crippen LogP contribution in [0.15, 0.2) is 60.8 Å². The van der Waals surface area contributed by atoms with Gasteiger partial charge in [0, 0.05) is 28.1 Å². The smallest absolute Gasteiger partial charge is 0.347 e. The Bertz CT molecular complexity index is 1400. The largest absolute Gasteiger partial charge is 0.494 e. The van der Waals surface area contributed by atoms with Crippen LogP contribution < -0.4 is 9.47 Å². The molecule has 0 saturated heterocycles. The highest BCUT2D eigenvalue weighted by molar-refractivity contribution is 6.31. The summed E-state index contributed by atoms with van der Waals surface area (Å²) in [6.07, 6.45) is 1.75. The number of carboxylic acid groups (broad SMARTS) is 1. The number of fused-ring (bicyclic) bond motifs is 1. The van der Waals surface area contributed by atoms with Crippen LogP contribution in [0.1, 0.15) is 25.0 Å². The Morgan fingerprint density at radius 1 is 1.09 bits per heavy atom. The average Bonchev–Trinajstić information content (AvgIpc) is 3.03. The Morgan fingerprint density at radius 2 is 1.85 bits per heavy atom. The van der Waals surface area contributed by atoms with Crippen LogP contribution in [0, 0.1) is 12.7 Å². The average molecular weight is 484 g/mol. The first-order valence-corrected chi connectivity index (χ1v) is 10.9. The van der Waals surface area contributed by atoms with Crippen molar-refractivity contribution >= 4 is 28.3 Å². The first-order chi connectivity index (χ1) is 16.0. The van der Waals surface area contributed by atoms with E-state index in [2.05, 4.69) is 0 Å². The van der Waals surface area contributed by atoms with Crippen molar-refractivity contribution in [2.45, 2.75) is 32.9 Å². The molecule has 6 nitrogen and oxygen atoms in total. The van der Waals surface area contributed by atoms with Crippen molar-refractivity contribution in [2.75, 3.05) is 0 Å². The summed E-state index contributed by atoms with van der Waals surface area (Å²) < 4.78 is 27.4. The summed E-state index contributed by atoms with van der Waals surface area (Å²) in [4.78, 5) is 11.3. The fraction of sp³-hybridized carbons (Fsp3) is 0.192. The number of carbonyl (C=O) groups is 1. The number of aliphatic carboxylic acids is 1. The van der Waals surface area contributed by atoms with E-state index in [0.29, 0.717) is 33.0 Å². The van der Waals surface area contributed by atoms with Crippen LogP contribution in [0.2, 0.25) is 5.02 Å². The molecule has 0 atom stereocenters. The third-order valence-corrected chi connectivity index (χ3v) is 5.60. The van der Waals surface area contributed by atoms with E-state index in [4.69, 9.17) is 21.1 Å². The van der Waals surface area contributed by atoms with Gasteiger partial charge in [0.25, 0.3) is 0 Å². The van der Waals surface area contributed by atoms with Crippen LogP contribution in [0.4, 0.5) is 4.39 Å². The van der Waals surface area contributed by atoms with Gasteiger partial charge in [0.15, 0.2) is 11.5 Å². The zero-order valence-corrected chi connectivity index (χ0v) is 19.6. The van der Waals surface area contributed by atoms with E-state index < -0.39 is 17.4 Å². The van der Waals surface area contributed by atoms with Crippen LogP contribution in [0.3, 0.4) is 0 Å². The number of rotatable bonds is 7. The van der Waals surface area contributed by atoms with Gasteiger partial charge in [-0.3, -0.25) is 0 Å². The number of carboxylic acids is 1. The second-order valence-electron chi connectivity index (χ2n) is 8.55. The molecule has 0 aliphatic carbocycles. The lowest BCUT2D eigenvalue weighted by atomic mass is 10.1. The predicted molar refractivity (Wildman–Crippen MR) is 128 cm³/mol. The number of halogens is 2. The Morgan fingerprint density at radius 3 is 2.56 bits per heavy atom. The molecule has 3 aromatic carbocycles. The molecule has 0 bridgehead atoms. The molecule has 8 heteroatoms. The summed E-state index contributed by atoms with van der Waals surface area (Å²) in [5.41, 5.74) is -0.118. The SMILES string of the molecule is Cc1cc(Oc2cc(F)cc(Cn3cc4cc(Cl)ccc4c3O)c2)ccc1OC(C)(C)C(=O)O. The van der Waals surface area contributed by atoms with Gasteiger partial charge in [-0.05, 0) is 80.4 Å². The summed E-state index contributed by atoms with van der Waals surface area (Å²) in [5, 5.41) is 21.8. The highest BCUT2D eigenvalue weighted by Crippen LogP contribution is 2.32. The first-order valence-electron chi connectivity index (χ1n) is 10.5. The van der Waals surface area contributed by atoms with E-state index in [1.807, 2.05) is 0 Å². The van der Waals surface area contributed by atoms with Gasteiger partial charge in [0.2, 0.25) is 0 Å². The fourth-order valence-electron chi connectivity index (χ4n) is 3.57. The number of benzene rings is 3. The van der Waals surface area contributed by atoms with Crippen LogP contribution in [-0.2, 0) is 11.3 Å². The second-order valence-corrected chi connectivity index (χ2v) is 8.99. The van der Waals surface area contributed by atoms with Gasteiger partial charge in [0.1, 0.15) is 23.1 Å². The molecule has 176 valence electrons. The molecule has 0 spiro atoms. The fourth-order valence-corrected chi connectivity index (χ4v) is 3.75. The van der Waals surface area contributed by atoms with Crippen molar-refractivity contribution in [3.63, 3.8) is 0 Å². The molecule has 0 amide bonds. The Kier molecular flexibility index (Phi) is 6.15. The molecule has 0 saturated carbocycles. The summed E-state index contributed by atoms with van der Waals surface area (Å²) in [6, 6.07) is 14.4. The van der Waals surface area contributed by atoms with Crippen molar-refractivity contribution in [2.24, 2.45) is 0 Å². The maximum atomic E-state index is 14.4. The number of aromatic nitrogens is 1. The van der Waals surface area contributed by atoms with E-state index in [1.54, 1.807) is 60.2 Å². The molecule has 0 aliphatic rings. The standard InChI is InChI=1S/C26H23ClFNO5/c1-15-8-20(5-7-23(15)34-26(2,3)25(31)32)33-21-10-16(9-19(28)12-21)13-29-14-17-11-18(27)4-6-22(17)24(29)30/h4-12,14,30H,13H2,1-3H3,(H,31,32). The number of nitrogens with zero attached hydrogens (tertiary/aromatic N) is 1. The van der Waals surface area contributed by atoms with Crippen molar-refractivity contribution in [3.05, 3.63) is 82.8 Å². The molecule has 4 rings (SSSR count). The minimum absolute atomic E-state index is 0.0638. The maximum Gasteiger partial charge on any atom is 0.347 e. The normalized spacial score (nSPS) is 11.6. The van der Waals surface area contributed by atoms with E-state index in [9.17, 15) is 19.4 Å². The summed E-state index contributed by atoms with van der Waals surface area (Å²) >= 11 is 6.03. The summed E-state index contributed by atoms with van der Waals surface area (Å²) in [5.74, 6) is -0.355. The first kappa shape index (κ1) is 23.4. The highest BCUT2D eigenvalue weighted by Gasteiger charge is 2.30. The van der Waals surface area contributed by atoms with Gasteiger partial charge in [-0.25, -0.2) is 9.18 Å². The van der Waals surface area contributed by atoms with E-state index >= 15 is 0 Å². The van der Waals surface area contributed by atoms with Gasteiger partial charge in [-0.2, -0.15) is 0 Å². The zero-order chi connectivity index (χ0) is 24.6. The maximum absolute atomic E-state index is 14.4. The Labute approximate surface area is 200 Å². The molecule has 1 heterocycles. The van der Waals surface area contributed by atoms with Crippen LogP contribution in [0.25, 0.3) is 10.8 Å². The summed E-state index contributed by atoms with van der Waals surface area (Å²) in [7, 11) is 0. The molecule has 2 N–H and O–H groups in total. The minimum Gasteiger partial charge on any atom is -0.494 e. The number of hydrogen-bond donors (Lipinski definition) is 2. The van der Waals surface area contributed by atoms with Gasteiger partial charge < -0.3 is 24.3 Å². The van der Waals surface area contributed by atoms with Crippen molar-refractivity contribution in [3.8, 4) is 23.1 Å². The molecule has 0 fully saturated rings. The Balaban J connectivity index is 1.56. The lowest BCUT2D eigenvalue weighted by molar-refractivity contribution is -0.152. The number of aryl methyl sites for hydroxylation is 1. The number of ether oxygens (including phenoxy) is 2. The molecule has 0 unspecified atom stereocenters. The lowest BCUT2D eigenvalue weighted by Gasteiger charge is -2.23. The molecule has 0 aliphatic heterocycles. The van der Waals surface area contributed by atoms with Gasteiger partial charge >= 0.3 is 5.97 Å². The molecule has 1 aromatic heterocycles. The highest BCUT2D eigenvalue weighted by atomic mass is 35.5. The third-order valence-electron chi connectivity index (χ3n) is 5.37. The van der Waals surface area contributed by atoms with Gasteiger partial charge in [0.05, 0.1) is 6.54 Å². The van der Waals surface area contributed by atoms with Crippen LogP contribution in [0.5, 0.6) is 23.1 Å². The number of aromatic hydroxyl groups is 1. The molecule has 34 heavy (non-hydrogen) atoms. The van der Waals surface area contributed by atoms with E-state index in [1.165, 1.54) is 26.0 Å². The topological polar surface area (TPSA) is 80.9 Å². The van der Waals surface area contributed by atoms with Crippen molar-refractivity contribution < 1.29 is 28.9 Å². The van der Waals surface area contributed by atoms with Crippen molar-refractivity contribution in [1.82, 2.24) is 4.57 Å². The van der Waals surface area contributed by atoms with E-state index in [0.717, 1.165) is 5.39 Å². The third kappa shape index (κ3) is 4.94. The minimum atomic E-state index is -1.38. The molecule has 4 aromatic rings. The summed E-state index contributed by atoms with van der Waals surface area (Å²) in [6.45, 7) is 4.92. The van der Waals surface area contributed by atoms with Crippen LogP contribution in [-0.4, -0.2) is 26.4 Å². The van der Waals surface area contributed by atoms with Gasteiger partial charge in [-0.1, -0.05) is 11.6 Å².